The summed E-state index contributed by atoms with van der Waals surface area (Å²) in [6.45, 7) is 0.594. The van der Waals surface area contributed by atoms with Gasteiger partial charge in [0.2, 0.25) is 0 Å². The third-order valence-corrected chi connectivity index (χ3v) is 3.91. The molecule has 0 saturated carbocycles. The average molecular weight is 353 g/mol. The van der Waals surface area contributed by atoms with Gasteiger partial charge in [-0.05, 0) is 35.4 Å². The standard InChI is InChI=1S/C19H17ClN4O/c20-15-6-7-16(24-12-15)18(25)10-13-3-1-4-14(9-13)11-23-17-5-2-8-22-19(17)21/h1-9,12,23H,10-11H2,(H2,21,22). The summed E-state index contributed by atoms with van der Waals surface area (Å²) in [6, 6.07) is 14.9. The number of carbonyl (C=O) groups is 1. The maximum atomic E-state index is 12.3. The number of ketones is 1. The second-order valence-electron chi connectivity index (χ2n) is 5.57. The first-order valence-electron chi connectivity index (χ1n) is 7.79. The van der Waals surface area contributed by atoms with E-state index in [1.165, 1.54) is 6.20 Å². The topological polar surface area (TPSA) is 80.9 Å². The number of anilines is 2. The molecule has 2 aromatic heterocycles. The van der Waals surface area contributed by atoms with Gasteiger partial charge in [-0.3, -0.25) is 9.78 Å². The number of aromatic nitrogens is 2. The van der Waals surface area contributed by atoms with Gasteiger partial charge in [0.15, 0.2) is 5.78 Å². The second-order valence-corrected chi connectivity index (χ2v) is 6.01. The van der Waals surface area contributed by atoms with Crippen molar-refractivity contribution >= 4 is 28.9 Å². The second kappa shape index (κ2) is 7.77. The molecule has 5 nitrogen and oxygen atoms in total. The number of benzene rings is 1. The van der Waals surface area contributed by atoms with Crippen molar-refractivity contribution < 1.29 is 4.79 Å². The highest BCUT2D eigenvalue weighted by atomic mass is 35.5. The van der Waals surface area contributed by atoms with Crippen molar-refractivity contribution in [1.29, 1.82) is 0 Å². The Hall–Kier alpha value is -2.92. The summed E-state index contributed by atoms with van der Waals surface area (Å²) in [6.07, 6.45) is 3.42. The van der Waals surface area contributed by atoms with Crippen LogP contribution < -0.4 is 11.1 Å². The molecule has 1 aromatic carbocycles. The fourth-order valence-corrected chi connectivity index (χ4v) is 2.54. The monoisotopic (exact) mass is 352 g/mol. The molecule has 0 amide bonds. The number of halogens is 1. The van der Waals surface area contributed by atoms with Crippen LogP contribution in [-0.4, -0.2) is 15.8 Å². The first kappa shape index (κ1) is 16.9. The van der Waals surface area contributed by atoms with Gasteiger partial charge < -0.3 is 11.1 Å². The highest BCUT2D eigenvalue weighted by Crippen LogP contribution is 2.16. The first-order chi connectivity index (χ1) is 12.1. The molecule has 0 aliphatic rings. The van der Waals surface area contributed by atoms with Crippen molar-refractivity contribution in [2.24, 2.45) is 0 Å². The van der Waals surface area contributed by atoms with E-state index in [2.05, 4.69) is 15.3 Å². The first-order valence-corrected chi connectivity index (χ1v) is 8.16. The summed E-state index contributed by atoms with van der Waals surface area (Å²) in [5, 5.41) is 3.76. The van der Waals surface area contributed by atoms with Crippen molar-refractivity contribution in [3.05, 3.63) is 82.8 Å². The normalized spacial score (nSPS) is 10.4. The van der Waals surface area contributed by atoms with Gasteiger partial charge in [0.05, 0.1) is 10.7 Å². The molecule has 0 fully saturated rings. The molecule has 3 rings (SSSR count). The van der Waals surface area contributed by atoms with Crippen molar-refractivity contribution in [2.75, 3.05) is 11.1 Å². The molecule has 126 valence electrons. The number of nitrogen functional groups attached to an aromatic ring is 1. The van der Waals surface area contributed by atoms with Crippen molar-refractivity contribution in [1.82, 2.24) is 9.97 Å². The van der Waals surface area contributed by atoms with Crippen LogP contribution in [-0.2, 0) is 13.0 Å². The van der Waals surface area contributed by atoms with Crippen LogP contribution in [0.1, 0.15) is 21.6 Å². The zero-order valence-electron chi connectivity index (χ0n) is 13.4. The van der Waals surface area contributed by atoms with E-state index in [-0.39, 0.29) is 12.2 Å². The smallest absolute Gasteiger partial charge is 0.185 e. The van der Waals surface area contributed by atoms with Gasteiger partial charge in [-0.25, -0.2) is 4.98 Å². The zero-order valence-corrected chi connectivity index (χ0v) is 14.2. The van der Waals surface area contributed by atoms with Gasteiger partial charge in [-0.2, -0.15) is 0 Å². The number of nitrogens with one attached hydrogen (secondary N) is 1. The Morgan fingerprint density at radius 3 is 2.68 bits per heavy atom. The van der Waals surface area contributed by atoms with E-state index in [0.717, 1.165) is 16.8 Å². The van der Waals surface area contributed by atoms with Crippen LogP contribution in [0.5, 0.6) is 0 Å². The molecule has 0 radical (unpaired) electrons. The van der Waals surface area contributed by atoms with Gasteiger partial charge in [0, 0.05) is 25.4 Å². The van der Waals surface area contributed by atoms with E-state index in [1.54, 1.807) is 18.3 Å². The van der Waals surface area contributed by atoms with Crippen LogP contribution in [0.25, 0.3) is 0 Å². The lowest BCUT2D eigenvalue weighted by Gasteiger charge is -2.09. The van der Waals surface area contributed by atoms with Crippen LogP contribution in [0, 0.1) is 0 Å². The number of carbonyl (C=O) groups excluding carboxylic acids is 1. The molecule has 3 aromatic rings. The molecule has 0 saturated heterocycles. The third kappa shape index (κ3) is 4.55. The van der Waals surface area contributed by atoms with E-state index >= 15 is 0 Å². The van der Waals surface area contributed by atoms with E-state index in [0.29, 0.717) is 23.1 Å². The maximum Gasteiger partial charge on any atom is 0.185 e. The molecule has 3 N–H and O–H groups in total. The molecule has 0 bridgehead atoms. The Balaban J connectivity index is 1.66. The van der Waals surface area contributed by atoms with E-state index in [9.17, 15) is 4.79 Å². The van der Waals surface area contributed by atoms with E-state index in [4.69, 9.17) is 17.3 Å². The van der Waals surface area contributed by atoms with E-state index < -0.39 is 0 Å². The molecule has 0 aliphatic carbocycles. The number of rotatable bonds is 6. The highest BCUT2D eigenvalue weighted by Gasteiger charge is 2.09. The van der Waals surface area contributed by atoms with E-state index in [1.807, 2.05) is 36.4 Å². The summed E-state index contributed by atoms with van der Waals surface area (Å²) in [5.74, 6) is 0.418. The number of nitrogens with two attached hydrogens (primary N) is 1. The SMILES string of the molecule is Nc1ncccc1NCc1cccc(CC(=O)c2ccc(Cl)cn2)c1. The van der Waals surface area contributed by atoms with Crippen molar-refractivity contribution in [2.45, 2.75) is 13.0 Å². The zero-order chi connectivity index (χ0) is 17.6. The van der Waals surface area contributed by atoms with Crippen molar-refractivity contribution in [3.63, 3.8) is 0 Å². The summed E-state index contributed by atoms with van der Waals surface area (Å²) >= 11 is 5.80. The van der Waals surface area contributed by atoms with Gasteiger partial charge in [-0.1, -0.05) is 35.9 Å². The van der Waals surface area contributed by atoms with Gasteiger partial charge in [-0.15, -0.1) is 0 Å². The van der Waals surface area contributed by atoms with Gasteiger partial charge >= 0.3 is 0 Å². The average Bonchev–Trinajstić information content (AvgIpc) is 2.62. The number of nitrogens with zero attached hydrogens (tertiary/aromatic N) is 2. The maximum absolute atomic E-state index is 12.3. The molecule has 6 heteroatoms. The van der Waals surface area contributed by atoms with Crippen molar-refractivity contribution in [3.8, 4) is 0 Å². The quantitative estimate of drug-likeness (QED) is 0.660. The lowest BCUT2D eigenvalue weighted by molar-refractivity contribution is 0.0988. The van der Waals surface area contributed by atoms with Crippen LogP contribution >= 0.6 is 11.6 Å². The van der Waals surface area contributed by atoms with Crippen LogP contribution in [0.4, 0.5) is 11.5 Å². The number of hydrogen-bond acceptors (Lipinski definition) is 5. The van der Waals surface area contributed by atoms with Gasteiger partial charge in [0.1, 0.15) is 11.5 Å². The Morgan fingerprint density at radius 2 is 1.92 bits per heavy atom. The third-order valence-electron chi connectivity index (χ3n) is 3.69. The Labute approximate surface area is 150 Å². The Bertz CT molecular complexity index is 881. The molecular formula is C19H17ClN4O. The minimum absolute atomic E-state index is 0.0433. The summed E-state index contributed by atoms with van der Waals surface area (Å²) in [5.41, 5.74) is 9.00. The summed E-state index contributed by atoms with van der Waals surface area (Å²) in [7, 11) is 0. The molecule has 2 heterocycles. The molecule has 25 heavy (non-hydrogen) atoms. The predicted octanol–water partition coefficient (Wildman–Crippen LogP) is 3.75. The minimum Gasteiger partial charge on any atom is -0.382 e. The Morgan fingerprint density at radius 1 is 1.08 bits per heavy atom. The minimum atomic E-state index is -0.0433. The summed E-state index contributed by atoms with van der Waals surface area (Å²) < 4.78 is 0. The number of Topliss-reactive ketones (excluding diaryl/α,β-unsaturated/α-hetero) is 1. The highest BCUT2D eigenvalue weighted by molar-refractivity contribution is 6.30. The Kier molecular flexibility index (Phi) is 5.26. The van der Waals surface area contributed by atoms with Crippen LogP contribution in [0.15, 0.2) is 60.9 Å². The predicted molar refractivity (Wildman–Crippen MR) is 99.7 cm³/mol. The fourth-order valence-electron chi connectivity index (χ4n) is 2.43. The molecule has 0 spiro atoms. The van der Waals surface area contributed by atoms with Crippen LogP contribution in [0.3, 0.4) is 0 Å². The molecule has 0 atom stereocenters. The lowest BCUT2D eigenvalue weighted by Crippen LogP contribution is -2.07. The fraction of sp³-hybridized carbons (Fsp3) is 0.105. The number of hydrogen-bond donors (Lipinski definition) is 2. The van der Waals surface area contributed by atoms with Crippen LogP contribution in [0.2, 0.25) is 5.02 Å². The largest absolute Gasteiger partial charge is 0.382 e. The molecular weight excluding hydrogens is 336 g/mol. The summed E-state index contributed by atoms with van der Waals surface area (Å²) in [4.78, 5) is 20.4. The number of pyridine rings is 2. The van der Waals surface area contributed by atoms with Gasteiger partial charge in [0.25, 0.3) is 0 Å². The molecule has 0 unspecified atom stereocenters. The lowest BCUT2D eigenvalue weighted by atomic mass is 10.0. The molecule has 0 aliphatic heterocycles.